The number of pyridine rings is 1. The first-order chi connectivity index (χ1) is 16.7. The van der Waals surface area contributed by atoms with E-state index in [9.17, 15) is 9.90 Å². The molecule has 0 saturated heterocycles. The van der Waals surface area contributed by atoms with Gasteiger partial charge in [-0.25, -0.2) is 4.98 Å². The van der Waals surface area contributed by atoms with Gasteiger partial charge in [0.1, 0.15) is 10.7 Å². The molecule has 34 heavy (non-hydrogen) atoms. The molecule has 5 aromatic rings. The van der Waals surface area contributed by atoms with E-state index in [0.717, 1.165) is 43.2 Å². The molecule has 0 fully saturated rings. The molecule has 0 unspecified atom stereocenters. The molecule has 0 bridgehead atoms. The van der Waals surface area contributed by atoms with Crippen molar-refractivity contribution in [2.45, 2.75) is 19.4 Å². The van der Waals surface area contributed by atoms with Gasteiger partial charge in [0.05, 0.1) is 16.8 Å². The fourth-order valence-corrected chi connectivity index (χ4v) is 4.81. The van der Waals surface area contributed by atoms with Crippen molar-refractivity contribution in [3.05, 3.63) is 101 Å². The number of para-hydroxylation sites is 1. The quantitative estimate of drug-likeness (QED) is 0.303. The lowest BCUT2D eigenvalue weighted by molar-refractivity contribution is -0.136. The fourth-order valence-electron chi connectivity index (χ4n) is 3.80. The first-order valence-corrected chi connectivity index (χ1v) is 11.8. The Morgan fingerprint density at radius 2 is 1.82 bits per heavy atom. The van der Waals surface area contributed by atoms with E-state index in [1.54, 1.807) is 23.7 Å². The van der Waals surface area contributed by atoms with Crippen molar-refractivity contribution in [2.75, 3.05) is 0 Å². The molecule has 3 aromatic heterocycles. The van der Waals surface area contributed by atoms with Crippen LogP contribution in [-0.4, -0.2) is 30.8 Å². The van der Waals surface area contributed by atoms with Crippen LogP contribution in [0.3, 0.4) is 0 Å². The first kappa shape index (κ1) is 21.7. The number of rotatable bonds is 8. The van der Waals surface area contributed by atoms with E-state index >= 15 is 0 Å². The molecule has 5 rings (SSSR count). The van der Waals surface area contributed by atoms with E-state index in [1.165, 1.54) is 0 Å². The molecular formula is C27H22N4O2S. The molecule has 0 saturated carbocycles. The molecule has 0 radical (unpaired) electrons. The van der Waals surface area contributed by atoms with E-state index < -0.39 is 5.97 Å². The average Bonchev–Trinajstić information content (AvgIpc) is 3.46. The van der Waals surface area contributed by atoms with Crippen LogP contribution in [0, 0.1) is 0 Å². The number of allylic oxidation sites excluding steroid dienone is 1. The summed E-state index contributed by atoms with van der Waals surface area (Å²) in [7, 11) is 0. The number of aromatic nitrogens is 4. The van der Waals surface area contributed by atoms with E-state index in [2.05, 4.69) is 17.1 Å². The van der Waals surface area contributed by atoms with Gasteiger partial charge < -0.3 is 5.11 Å². The lowest BCUT2D eigenvalue weighted by atomic mass is 10.0. The normalized spacial score (nSPS) is 11.7. The van der Waals surface area contributed by atoms with Gasteiger partial charge in [-0.2, -0.15) is 5.10 Å². The molecule has 1 N–H and O–H groups in total. The zero-order chi connectivity index (χ0) is 23.3. The molecule has 0 aliphatic rings. The number of hydrogen-bond donors (Lipinski definition) is 1. The van der Waals surface area contributed by atoms with Crippen LogP contribution in [0.15, 0.2) is 85.3 Å². The molecule has 3 heterocycles. The van der Waals surface area contributed by atoms with Crippen LogP contribution in [-0.2, 0) is 11.3 Å². The van der Waals surface area contributed by atoms with E-state index in [4.69, 9.17) is 10.1 Å². The van der Waals surface area contributed by atoms with Crippen LogP contribution in [0.5, 0.6) is 0 Å². The monoisotopic (exact) mass is 466 g/mol. The Hall–Kier alpha value is -4.10. The highest BCUT2D eigenvalue weighted by Gasteiger charge is 2.15. The summed E-state index contributed by atoms with van der Waals surface area (Å²) in [6.45, 7) is 0.632. The highest BCUT2D eigenvalue weighted by molar-refractivity contribution is 7.19. The Labute approximate surface area is 200 Å². The zero-order valence-corrected chi connectivity index (χ0v) is 19.2. The number of aliphatic carboxylic acids is 1. The smallest absolute Gasteiger partial charge is 0.303 e. The summed E-state index contributed by atoms with van der Waals surface area (Å²) in [5.41, 5.74) is 5.56. The van der Waals surface area contributed by atoms with Crippen molar-refractivity contribution in [2.24, 2.45) is 0 Å². The van der Waals surface area contributed by atoms with Crippen LogP contribution in [0.25, 0.3) is 33.1 Å². The summed E-state index contributed by atoms with van der Waals surface area (Å²) in [6, 6.07) is 22.0. The molecule has 7 heteroatoms. The Balaban J connectivity index is 1.60. The molecule has 0 aliphatic heterocycles. The summed E-state index contributed by atoms with van der Waals surface area (Å²) in [6.07, 6.45) is 7.97. The van der Waals surface area contributed by atoms with Gasteiger partial charge in [-0.1, -0.05) is 42.5 Å². The molecule has 0 atom stereocenters. The van der Waals surface area contributed by atoms with E-state index in [1.807, 2.05) is 71.6 Å². The van der Waals surface area contributed by atoms with Gasteiger partial charge in [0.25, 0.3) is 0 Å². The maximum absolute atomic E-state index is 11.4. The third-order valence-corrected chi connectivity index (χ3v) is 6.53. The molecular weight excluding hydrogens is 444 g/mol. The molecule has 6 nitrogen and oxygen atoms in total. The largest absolute Gasteiger partial charge is 0.481 e. The number of benzene rings is 2. The molecule has 2 aromatic carbocycles. The van der Waals surface area contributed by atoms with Crippen LogP contribution in [0.2, 0.25) is 0 Å². The summed E-state index contributed by atoms with van der Waals surface area (Å²) in [5.74, 6) is -0.834. The summed E-state index contributed by atoms with van der Waals surface area (Å²) in [4.78, 5) is 20.4. The minimum Gasteiger partial charge on any atom is -0.481 e. The number of carbonyl (C=O) groups is 1. The van der Waals surface area contributed by atoms with Gasteiger partial charge in [-0.05, 0) is 47.9 Å². The Morgan fingerprint density at radius 1 is 1.00 bits per heavy atom. The van der Waals surface area contributed by atoms with Crippen molar-refractivity contribution in [3.63, 3.8) is 0 Å². The van der Waals surface area contributed by atoms with Gasteiger partial charge in [0, 0.05) is 36.1 Å². The maximum Gasteiger partial charge on any atom is 0.303 e. The minimum atomic E-state index is -0.834. The Bertz CT molecular complexity index is 1420. The van der Waals surface area contributed by atoms with Crippen LogP contribution in [0.1, 0.15) is 29.0 Å². The third-order valence-electron chi connectivity index (χ3n) is 5.42. The highest BCUT2D eigenvalue weighted by Crippen LogP contribution is 2.33. The predicted molar refractivity (Wildman–Crippen MR) is 135 cm³/mol. The number of nitrogens with zero attached hydrogens (tertiary/aromatic N) is 4. The summed E-state index contributed by atoms with van der Waals surface area (Å²) in [5, 5.41) is 15.0. The van der Waals surface area contributed by atoms with Gasteiger partial charge in [0.15, 0.2) is 0 Å². The average molecular weight is 467 g/mol. The number of hydrogen-bond acceptors (Lipinski definition) is 5. The van der Waals surface area contributed by atoms with Crippen molar-refractivity contribution >= 4 is 39.2 Å². The third kappa shape index (κ3) is 4.94. The van der Waals surface area contributed by atoms with Crippen molar-refractivity contribution in [1.29, 1.82) is 0 Å². The fraction of sp³-hybridized carbons (Fsp3) is 0.111. The second-order valence-electron chi connectivity index (χ2n) is 7.91. The molecule has 0 aliphatic carbocycles. The lowest BCUT2D eigenvalue weighted by Gasteiger charge is -2.04. The zero-order valence-electron chi connectivity index (χ0n) is 18.3. The Morgan fingerprint density at radius 3 is 2.59 bits per heavy atom. The summed E-state index contributed by atoms with van der Waals surface area (Å²) >= 11 is 1.58. The van der Waals surface area contributed by atoms with Gasteiger partial charge in [0.2, 0.25) is 0 Å². The standard InChI is InChI=1S/C27H22N4O2S/c32-25(33)13-12-20(27-29-23-10-4-5-11-24(23)34-27)15-22-18-31(17-19-7-2-1-3-8-19)30-26(22)21-9-6-14-28-16-21/h1-11,14-16,18H,12-13,17H2,(H,32,33)/b20-15-. The van der Waals surface area contributed by atoms with Gasteiger partial charge >= 0.3 is 5.97 Å². The highest BCUT2D eigenvalue weighted by atomic mass is 32.1. The van der Waals surface area contributed by atoms with Crippen molar-refractivity contribution in [3.8, 4) is 11.3 Å². The lowest BCUT2D eigenvalue weighted by Crippen LogP contribution is -2.00. The first-order valence-electron chi connectivity index (χ1n) is 11.0. The minimum absolute atomic E-state index is 0.0299. The second-order valence-corrected chi connectivity index (χ2v) is 8.94. The number of carboxylic acids is 1. The molecule has 168 valence electrons. The molecule has 0 amide bonds. The van der Waals surface area contributed by atoms with Crippen molar-refractivity contribution < 1.29 is 9.90 Å². The second kappa shape index (κ2) is 9.80. The summed E-state index contributed by atoms with van der Waals surface area (Å²) < 4.78 is 2.99. The van der Waals surface area contributed by atoms with Crippen LogP contribution < -0.4 is 0 Å². The Kier molecular flexibility index (Phi) is 6.27. The number of thiazole rings is 1. The van der Waals surface area contributed by atoms with Crippen LogP contribution >= 0.6 is 11.3 Å². The number of fused-ring (bicyclic) bond motifs is 1. The topological polar surface area (TPSA) is 80.9 Å². The predicted octanol–water partition coefficient (Wildman–Crippen LogP) is 6.01. The van der Waals surface area contributed by atoms with Gasteiger partial charge in [-0.3, -0.25) is 14.5 Å². The van der Waals surface area contributed by atoms with E-state index in [0.29, 0.717) is 13.0 Å². The van der Waals surface area contributed by atoms with Gasteiger partial charge in [-0.15, -0.1) is 11.3 Å². The SMILES string of the molecule is O=C(O)CC/C(=C/c1cn(Cc2ccccc2)nc1-c1cccnc1)c1nc2ccccc2s1. The number of carboxylic acid groups (broad SMARTS) is 1. The van der Waals surface area contributed by atoms with E-state index in [-0.39, 0.29) is 6.42 Å². The van der Waals surface area contributed by atoms with Crippen molar-refractivity contribution in [1.82, 2.24) is 19.7 Å². The maximum atomic E-state index is 11.4. The van der Waals surface area contributed by atoms with Crippen LogP contribution in [0.4, 0.5) is 0 Å². The molecule has 0 spiro atoms.